The Labute approximate surface area is 143 Å². The molecule has 132 valence electrons. The van der Waals surface area contributed by atoms with Crippen LogP contribution in [0.4, 0.5) is 0 Å². The van der Waals surface area contributed by atoms with Gasteiger partial charge in [0, 0.05) is 31.4 Å². The topological polar surface area (TPSA) is 75.7 Å². The van der Waals surface area contributed by atoms with Gasteiger partial charge >= 0.3 is 0 Å². The summed E-state index contributed by atoms with van der Waals surface area (Å²) in [7, 11) is -3.20. The van der Waals surface area contributed by atoms with Gasteiger partial charge in [-0.05, 0) is 43.5 Å². The minimum Gasteiger partial charge on any atom is -0.493 e. The van der Waals surface area contributed by atoms with E-state index in [4.69, 9.17) is 4.74 Å². The van der Waals surface area contributed by atoms with E-state index in [-0.39, 0.29) is 10.8 Å². The van der Waals surface area contributed by atoms with Crippen LogP contribution in [0.25, 0.3) is 0 Å². The number of likely N-dealkylation sites (tertiary alicyclic amines) is 1. The van der Waals surface area contributed by atoms with Gasteiger partial charge in [-0.1, -0.05) is 0 Å². The molecular formula is C17H24N2O4S. The number of carbonyl (C=O) groups is 1. The molecule has 2 aliphatic rings. The first-order valence-electron chi connectivity index (χ1n) is 8.38. The first kappa shape index (κ1) is 17.2. The van der Waals surface area contributed by atoms with Crippen LogP contribution in [0.2, 0.25) is 0 Å². The third-order valence-electron chi connectivity index (χ3n) is 4.71. The lowest BCUT2D eigenvalue weighted by Gasteiger charge is -2.24. The van der Waals surface area contributed by atoms with E-state index in [1.54, 1.807) is 12.1 Å². The highest BCUT2D eigenvalue weighted by Gasteiger charge is 2.30. The molecule has 7 heteroatoms. The smallest absolute Gasteiger partial charge is 0.226 e. The van der Waals surface area contributed by atoms with Crippen LogP contribution in [-0.4, -0.2) is 57.3 Å². The first-order valence-corrected chi connectivity index (χ1v) is 10.3. The van der Waals surface area contributed by atoms with Crippen LogP contribution >= 0.6 is 0 Å². The monoisotopic (exact) mass is 352 g/mol. The van der Waals surface area contributed by atoms with Crippen LogP contribution in [0.5, 0.6) is 5.75 Å². The number of benzene rings is 1. The lowest BCUT2D eigenvalue weighted by molar-refractivity contribution is -0.131. The van der Waals surface area contributed by atoms with Crippen LogP contribution in [0, 0.1) is 0 Å². The van der Waals surface area contributed by atoms with E-state index in [1.807, 2.05) is 4.90 Å². The number of nitrogens with zero attached hydrogens (tertiary/aromatic N) is 1. The summed E-state index contributed by atoms with van der Waals surface area (Å²) in [5.74, 6) is 0.698. The Morgan fingerprint density at radius 2 is 1.92 bits per heavy atom. The average Bonchev–Trinajstić information content (AvgIpc) is 2.86. The molecule has 6 nitrogen and oxygen atoms in total. The van der Waals surface area contributed by atoms with Gasteiger partial charge in [0.2, 0.25) is 5.91 Å². The predicted molar refractivity (Wildman–Crippen MR) is 90.8 cm³/mol. The molecule has 1 amide bonds. The van der Waals surface area contributed by atoms with Gasteiger partial charge in [0.05, 0.1) is 17.9 Å². The van der Waals surface area contributed by atoms with E-state index in [0.717, 1.165) is 25.9 Å². The van der Waals surface area contributed by atoms with Crippen molar-refractivity contribution in [2.75, 3.05) is 26.0 Å². The Morgan fingerprint density at radius 3 is 2.62 bits per heavy atom. The summed E-state index contributed by atoms with van der Waals surface area (Å²) in [5, 5.41) is 3.56. The summed E-state index contributed by atoms with van der Waals surface area (Å²) in [4.78, 5) is 14.5. The van der Waals surface area contributed by atoms with Crippen molar-refractivity contribution < 1.29 is 17.9 Å². The van der Waals surface area contributed by atoms with Gasteiger partial charge in [0.25, 0.3) is 0 Å². The van der Waals surface area contributed by atoms with Crippen molar-refractivity contribution in [2.24, 2.45) is 0 Å². The molecule has 0 saturated carbocycles. The number of nitrogens with one attached hydrogen (secondary N) is 1. The summed E-state index contributed by atoms with van der Waals surface area (Å²) in [6.45, 7) is 1.91. The van der Waals surface area contributed by atoms with Crippen LogP contribution in [-0.2, 0) is 14.6 Å². The number of ether oxygens (including phenoxy) is 1. The molecule has 24 heavy (non-hydrogen) atoms. The number of hydrogen-bond acceptors (Lipinski definition) is 5. The number of rotatable bonds is 5. The minimum absolute atomic E-state index is 0.122. The van der Waals surface area contributed by atoms with Gasteiger partial charge in [-0.2, -0.15) is 0 Å². The maximum absolute atomic E-state index is 12.3. The maximum atomic E-state index is 12.3. The molecule has 2 bridgehead atoms. The first-order chi connectivity index (χ1) is 11.4. The van der Waals surface area contributed by atoms with E-state index in [9.17, 15) is 13.2 Å². The average molecular weight is 352 g/mol. The summed E-state index contributed by atoms with van der Waals surface area (Å²) >= 11 is 0. The van der Waals surface area contributed by atoms with Crippen LogP contribution < -0.4 is 10.1 Å². The Morgan fingerprint density at radius 1 is 1.21 bits per heavy atom. The van der Waals surface area contributed by atoms with Crippen LogP contribution in [0.3, 0.4) is 0 Å². The highest BCUT2D eigenvalue weighted by Crippen LogP contribution is 2.21. The molecule has 1 aromatic carbocycles. The van der Waals surface area contributed by atoms with Gasteiger partial charge in [0.15, 0.2) is 9.84 Å². The second-order valence-electron chi connectivity index (χ2n) is 6.61. The Hall–Kier alpha value is -1.60. The molecule has 1 N–H and O–H groups in total. The van der Waals surface area contributed by atoms with Gasteiger partial charge in [-0.25, -0.2) is 8.42 Å². The van der Waals surface area contributed by atoms with E-state index >= 15 is 0 Å². The second kappa shape index (κ2) is 7.11. The van der Waals surface area contributed by atoms with Crippen molar-refractivity contribution in [1.29, 1.82) is 0 Å². The number of amides is 1. The summed E-state index contributed by atoms with van der Waals surface area (Å²) < 4.78 is 28.4. The molecule has 2 saturated heterocycles. The SMILES string of the molecule is CS(=O)(=O)c1ccc(OCCC(=O)N2CCC3CCC(C2)N3)cc1. The van der Waals surface area contributed by atoms with Crippen LogP contribution in [0.1, 0.15) is 25.7 Å². The lowest BCUT2D eigenvalue weighted by Crippen LogP contribution is -2.39. The molecule has 1 aromatic rings. The van der Waals surface area contributed by atoms with Crippen molar-refractivity contribution in [2.45, 2.75) is 42.7 Å². The van der Waals surface area contributed by atoms with Crippen molar-refractivity contribution >= 4 is 15.7 Å². The fraction of sp³-hybridized carbons (Fsp3) is 0.588. The van der Waals surface area contributed by atoms with E-state index in [1.165, 1.54) is 24.8 Å². The van der Waals surface area contributed by atoms with E-state index in [2.05, 4.69) is 5.32 Å². The van der Waals surface area contributed by atoms with Crippen molar-refractivity contribution in [3.05, 3.63) is 24.3 Å². The van der Waals surface area contributed by atoms with Crippen molar-refractivity contribution in [3.63, 3.8) is 0 Å². The molecule has 2 aliphatic heterocycles. The van der Waals surface area contributed by atoms with Crippen molar-refractivity contribution in [3.8, 4) is 5.75 Å². The molecule has 2 heterocycles. The van der Waals surface area contributed by atoms with Crippen molar-refractivity contribution in [1.82, 2.24) is 10.2 Å². The molecule has 0 aromatic heterocycles. The van der Waals surface area contributed by atoms with Gasteiger partial charge < -0.3 is 15.0 Å². The van der Waals surface area contributed by atoms with Gasteiger partial charge in [-0.3, -0.25) is 4.79 Å². The molecule has 2 unspecified atom stereocenters. The Balaban J connectivity index is 1.46. The number of carbonyl (C=O) groups excluding carboxylic acids is 1. The molecule has 2 atom stereocenters. The number of sulfone groups is 1. The van der Waals surface area contributed by atoms with Crippen LogP contribution in [0.15, 0.2) is 29.2 Å². The second-order valence-corrected chi connectivity index (χ2v) is 8.62. The normalized spacial score (nSPS) is 23.8. The third-order valence-corrected chi connectivity index (χ3v) is 5.84. The third kappa shape index (κ3) is 4.27. The summed E-state index contributed by atoms with van der Waals surface area (Å²) in [6.07, 6.45) is 4.91. The van der Waals surface area contributed by atoms with Gasteiger partial charge in [-0.15, -0.1) is 0 Å². The fourth-order valence-corrected chi connectivity index (χ4v) is 4.00. The zero-order valence-electron chi connectivity index (χ0n) is 13.9. The molecule has 0 aliphatic carbocycles. The maximum Gasteiger partial charge on any atom is 0.226 e. The Bertz CT molecular complexity index is 687. The molecular weight excluding hydrogens is 328 g/mol. The van der Waals surface area contributed by atoms with Gasteiger partial charge in [0.1, 0.15) is 5.75 Å². The predicted octanol–water partition coefficient (Wildman–Crippen LogP) is 1.21. The largest absolute Gasteiger partial charge is 0.493 e. The fourth-order valence-electron chi connectivity index (χ4n) is 3.37. The van der Waals surface area contributed by atoms with E-state index in [0.29, 0.717) is 30.9 Å². The zero-order chi connectivity index (χ0) is 17.2. The lowest BCUT2D eigenvalue weighted by atomic mass is 10.1. The highest BCUT2D eigenvalue weighted by molar-refractivity contribution is 7.90. The standard InChI is InChI=1S/C17H24N2O4S/c1-24(21,22)16-6-4-15(5-7-16)23-11-9-17(20)19-10-8-13-2-3-14(12-19)18-13/h4-7,13-14,18H,2-3,8-12H2,1H3. The number of fused-ring (bicyclic) bond motifs is 2. The number of hydrogen-bond donors (Lipinski definition) is 1. The summed E-state index contributed by atoms with van der Waals surface area (Å²) in [6, 6.07) is 7.28. The molecule has 0 radical (unpaired) electrons. The molecule has 0 spiro atoms. The zero-order valence-corrected chi connectivity index (χ0v) is 14.7. The molecule has 3 rings (SSSR count). The molecule has 2 fully saturated rings. The summed E-state index contributed by atoms with van der Waals surface area (Å²) in [5.41, 5.74) is 0. The quantitative estimate of drug-likeness (QED) is 0.862. The minimum atomic E-state index is -3.20. The Kier molecular flexibility index (Phi) is 5.10. The van der Waals surface area contributed by atoms with E-state index < -0.39 is 9.84 Å². The highest BCUT2D eigenvalue weighted by atomic mass is 32.2.